The summed E-state index contributed by atoms with van der Waals surface area (Å²) >= 11 is 5.64. The summed E-state index contributed by atoms with van der Waals surface area (Å²) in [5.41, 5.74) is 1.09. The molecule has 1 aromatic carbocycles. The minimum atomic E-state index is 0.510. The summed E-state index contributed by atoms with van der Waals surface area (Å²) in [5.74, 6) is 0. The van der Waals surface area contributed by atoms with Gasteiger partial charge in [0.05, 0.1) is 11.6 Å². The number of nitriles is 1. The van der Waals surface area contributed by atoms with E-state index in [0.717, 1.165) is 21.3 Å². The highest BCUT2D eigenvalue weighted by Crippen LogP contribution is 2.30. The molecule has 0 saturated carbocycles. The number of thiol groups is 1. The second-order valence-electron chi connectivity index (χ2n) is 2.79. The van der Waals surface area contributed by atoms with Gasteiger partial charge in [0.15, 0.2) is 6.29 Å². The minimum absolute atomic E-state index is 0.510. The molecule has 4 heteroatoms. The fourth-order valence-corrected chi connectivity index (χ4v) is 2.67. The Bertz CT molecular complexity index is 551. The fourth-order valence-electron chi connectivity index (χ4n) is 1.35. The Labute approximate surface area is 90.2 Å². The van der Waals surface area contributed by atoms with Crippen LogP contribution in [0.5, 0.6) is 0 Å². The predicted octanol–water partition coefficient (Wildman–Crippen LogP) is 2.87. The molecule has 0 aliphatic carbocycles. The van der Waals surface area contributed by atoms with Crippen LogP contribution in [0, 0.1) is 11.3 Å². The van der Waals surface area contributed by atoms with E-state index in [1.165, 1.54) is 11.3 Å². The Kier molecular flexibility index (Phi) is 2.28. The molecule has 0 saturated heterocycles. The number of benzene rings is 1. The van der Waals surface area contributed by atoms with E-state index in [1.807, 2.05) is 6.07 Å². The zero-order valence-corrected chi connectivity index (χ0v) is 8.73. The molecular formula is C10H5NOS2. The van der Waals surface area contributed by atoms with Crippen LogP contribution in [0.15, 0.2) is 22.4 Å². The smallest absolute Gasteiger partial charge is 0.151 e. The summed E-state index contributed by atoms with van der Waals surface area (Å²) in [7, 11) is 0. The standard InChI is InChI=1S/C10H5NOS2/c11-3-6-1-8(13)2-9-10(6)7(4-12)5-14-9/h1-2,4-5,13H. The summed E-state index contributed by atoms with van der Waals surface area (Å²) in [6, 6.07) is 5.60. The van der Waals surface area contributed by atoms with E-state index in [9.17, 15) is 4.79 Å². The molecular weight excluding hydrogens is 214 g/mol. The normalized spacial score (nSPS) is 10.0. The van der Waals surface area contributed by atoms with Gasteiger partial charge < -0.3 is 0 Å². The number of fused-ring (bicyclic) bond motifs is 1. The minimum Gasteiger partial charge on any atom is -0.298 e. The average Bonchev–Trinajstić information content (AvgIpc) is 2.59. The quantitative estimate of drug-likeness (QED) is 0.592. The number of nitrogens with zero attached hydrogens (tertiary/aromatic N) is 1. The summed E-state index contributed by atoms with van der Waals surface area (Å²) in [5, 5.41) is 11.4. The molecule has 2 nitrogen and oxygen atoms in total. The second-order valence-corrected chi connectivity index (χ2v) is 4.21. The first-order valence-electron chi connectivity index (χ1n) is 3.85. The van der Waals surface area contributed by atoms with E-state index in [4.69, 9.17) is 5.26 Å². The first kappa shape index (κ1) is 9.25. The summed E-state index contributed by atoms with van der Waals surface area (Å²) < 4.78 is 0.927. The Balaban J connectivity index is 2.94. The largest absolute Gasteiger partial charge is 0.298 e. The molecule has 2 aromatic rings. The lowest BCUT2D eigenvalue weighted by atomic mass is 10.1. The van der Waals surface area contributed by atoms with Gasteiger partial charge in [-0.05, 0) is 12.1 Å². The molecule has 1 aromatic heterocycles. The van der Waals surface area contributed by atoms with Gasteiger partial charge in [-0.3, -0.25) is 4.79 Å². The zero-order chi connectivity index (χ0) is 10.1. The molecule has 0 fully saturated rings. The molecule has 0 atom stereocenters. The van der Waals surface area contributed by atoms with E-state index in [-0.39, 0.29) is 0 Å². The van der Waals surface area contributed by atoms with Crippen molar-refractivity contribution in [1.29, 1.82) is 5.26 Å². The molecule has 0 spiro atoms. The molecule has 0 bridgehead atoms. The molecule has 0 radical (unpaired) electrons. The van der Waals surface area contributed by atoms with Gasteiger partial charge in [0.25, 0.3) is 0 Å². The lowest BCUT2D eigenvalue weighted by Crippen LogP contribution is -1.81. The summed E-state index contributed by atoms with van der Waals surface area (Å²) in [4.78, 5) is 11.5. The number of carbonyl (C=O) groups is 1. The molecule has 0 aliphatic rings. The lowest BCUT2D eigenvalue weighted by molar-refractivity contribution is 0.112. The van der Waals surface area contributed by atoms with Gasteiger partial charge in [-0.2, -0.15) is 5.26 Å². The Morgan fingerprint density at radius 3 is 2.93 bits per heavy atom. The van der Waals surface area contributed by atoms with Crippen LogP contribution in [0.3, 0.4) is 0 Å². The Morgan fingerprint density at radius 1 is 1.50 bits per heavy atom. The van der Waals surface area contributed by atoms with Crippen LogP contribution in [0.4, 0.5) is 0 Å². The van der Waals surface area contributed by atoms with Gasteiger partial charge in [-0.1, -0.05) is 0 Å². The van der Waals surface area contributed by atoms with Gasteiger partial charge in [0, 0.05) is 25.9 Å². The monoisotopic (exact) mass is 219 g/mol. The molecule has 1 heterocycles. The van der Waals surface area contributed by atoms with Crippen molar-refractivity contribution in [3.05, 3.63) is 28.6 Å². The topological polar surface area (TPSA) is 40.9 Å². The van der Waals surface area contributed by atoms with Crippen molar-refractivity contribution in [2.45, 2.75) is 4.90 Å². The maximum absolute atomic E-state index is 10.7. The van der Waals surface area contributed by atoms with Crippen LogP contribution in [0.2, 0.25) is 0 Å². The van der Waals surface area contributed by atoms with Crippen LogP contribution in [0.1, 0.15) is 15.9 Å². The summed E-state index contributed by atoms with van der Waals surface area (Å²) in [6.45, 7) is 0. The molecule has 68 valence electrons. The van der Waals surface area contributed by atoms with Crippen molar-refractivity contribution in [2.24, 2.45) is 0 Å². The van der Waals surface area contributed by atoms with E-state index < -0.39 is 0 Å². The Hall–Kier alpha value is -1.31. The van der Waals surface area contributed by atoms with E-state index in [1.54, 1.807) is 11.4 Å². The summed E-state index contributed by atoms with van der Waals surface area (Å²) in [6.07, 6.45) is 0.776. The molecule has 0 N–H and O–H groups in total. The maximum Gasteiger partial charge on any atom is 0.151 e. The van der Waals surface area contributed by atoms with Crippen molar-refractivity contribution in [1.82, 2.24) is 0 Å². The number of rotatable bonds is 1. The van der Waals surface area contributed by atoms with Crippen LogP contribution in [0.25, 0.3) is 10.1 Å². The van der Waals surface area contributed by atoms with Gasteiger partial charge in [0.1, 0.15) is 0 Å². The van der Waals surface area contributed by atoms with Crippen LogP contribution >= 0.6 is 24.0 Å². The SMILES string of the molecule is N#Cc1cc(S)cc2scc(C=O)c12. The highest BCUT2D eigenvalue weighted by atomic mass is 32.1. The Morgan fingerprint density at radius 2 is 2.29 bits per heavy atom. The zero-order valence-electron chi connectivity index (χ0n) is 7.02. The van der Waals surface area contributed by atoms with Crippen LogP contribution in [-0.2, 0) is 0 Å². The number of hydrogen-bond acceptors (Lipinski definition) is 4. The number of carbonyl (C=O) groups excluding carboxylic acids is 1. The van der Waals surface area contributed by atoms with Crippen LogP contribution in [-0.4, -0.2) is 6.29 Å². The average molecular weight is 219 g/mol. The number of thiophene rings is 1. The molecule has 0 unspecified atom stereocenters. The van der Waals surface area contributed by atoms with Crippen molar-refractivity contribution >= 4 is 40.3 Å². The molecule has 0 aliphatic heterocycles. The van der Waals surface area contributed by atoms with Crippen molar-refractivity contribution < 1.29 is 4.79 Å². The highest BCUT2D eigenvalue weighted by molar-refractivity contribution is 7.80. The number of aldehydes is 1. The fraction of sp³-hybridized carbons (Fsp3) is 0. The van der Waals surface area contributed by atoms with E-state index in [0.29, 0.717) is 11.1 Å². The second kappa shape index (κ2) is 3.45. The molecule has 0 amide bonds. The van der Waals surface area contributed by atoms with E-state index in [2.05, 4.69) is 18.7 Å². The molecule has 14 heavy (non-hydrogen) atoms. The predicted molar refractivity (Wildman–Crippen MR) is 59.2 cm³/mol. The van der Waals surface area contributed by atoms with Gasteiger partial charge in [0.2, 0.25) is 0 Å². The van der Waals surface area contributed by atoms with Crippen molar-refractivity contribution in [3.63, 3.8) is 0 Å². The van der Waals surface area contributed by atoms with E-state index >= 15 is 0 Å². The van der Waals surface area contributed by atoms with Gasteiger partial charge in [-0.25, -0.2) is 0 Å². The van der Waals surface area contributed by atoms with Gasteiger partial charge in [-0.15, -0.1) is 24.0 Å². The van der Waals surface area contributed by atoms with Gasteiger partial charge >= 0.3 is 0 Å². The van der Waals surface area contributed by atoms with Crippen LogP contribution < -0.4 is 0 Å². The third kappa shape index (κ3) is 1.31. The first-order valence-corrected chi connectivity index (χ1v) is 5.18. The first-order chi connectivity index (χ1) is 6.76. The molecule has 2 rings (SSSR count). The third-order valence-electron chi connectivity index (χ3n) is 1.94. The van der Waals surface area contributed by atoms with Crippen molar-refractivity contribution in [2.75, 3.05) is 0 Å². The lowest BCUT2D eigenvalue weighted by Gasteiger charge is -1.96. The third-order valence-corrected chi connectivity index (χ3v) is 3.14. The number of hydrogen-bond donors (Lipinski definition) is 1. The highest BCUT2D eigenvalue weighted by Gasteiger charge is 2.08. The maximum atomic E-state index is 10.7. The van der Waals surface area contributed by atoms with Crippen molar-refractivity contribution in [3.8, 4) is 6.07 Å².